The van der Waals surface area contributed by atoms with Gasteiger partial charge in [-0.05, 0) is 18.4 Å². The lowest BCUT2D eigenvalue weighted by molar-refractivity contribution is 0.288. The van der Waals surface area contributed by atoms with Gasteiger partial charge in [0.05, 0.1) is 11.6 Å². The molecule has 0 saturated heterocycles. The Bertz CT molecular complexity index is 354. The van der Waals surface area contributed by atoms with E-state index < -0.39 is 7.12 Å². The van der Waals surface area contributed by atoms with Crippen molar-refractivity contribution in [2.45, 2.75) is 12.8 Å². The minimum absolute atomic E-state index is 0.298. The van der Waals surface area contributed by atoms with Crippen LogP contribution < -0.4 is 10.2 Å². The lowest BCUT2D eigenvalue weighted by atomic mass is 9.79. The molecule has 0 amide bonds. The van der Waals surface area contributed by atoms with Gasteiger partial charge in [0.2, 0.25) is 0 Å². The number of rotatable bonds is 1. The van der Waals surface area contributed by atoms with Crippen molar-refractivity contribution in [3.8, 4) is 5.75 Å². The molecule has 0 spiro atoms. The van der Waals surface area contributed by atoms with Crippen LogP contribution in [0.25, 0.3) is 0 Å². The van der Waals surface area contributed by atoms with Crippen LogP contribution >= 0.6 is 11.6 Å². The van der Waals surface area contributed by atoms with Gasteiger partial charge in [0.25, 0.3) is 0 Å². The number of fused-ring (bicyclic) bond motifs is 1. The van der Waals surface area contributed by atoms with Gasteiger partial charge in [0.15, 0.2) is 0 Å². The summed E-state index contributed by atoms with van der Waals surface area (Å²) in [6.07, 6.45) is 1.90. The standard InChI is InChI=1S/C9H10BClO3/c11-8-7(10(12)13)4-3-6-2-1-5-14-9(6)8/h3-4,12-13H,1-2,5H2. The molecule has 1 aromatic rings. The highest BCUT2D eigenvalue weighted by Gasteiger charge is 2.22. The molecule has 0 atom stereocenters. The van der Waals surface area contributed by atoms with Gasteiger partial charge in [0, 0.05) is 5.46 Å². The molecule has 2 rings (SSSR count). The fourth-order valence-electron chi connectivity index (χ4n) is 1.60. The van der Waals surface area contributed by atoms with Crippen molar-refractivity contribution >= 4 is 24.2 Å². The maximum absolute atomic E-state index is 9.02. The largest absolute Gasteiger partial charge is 0.492 e. The normalized spacial score (nSPS) is 14.5. The van der Waals surface area contributed by atoms with Crippen molar-refractivity contribution in [2.24, 2.45) is 0 Å². The highest BCUT2D eigenvalue weighted by Crippen LogP contribution is 2.31. The first-order valence-corrected chi connectivity index (χ1v) is 4.88. The van der Waals surface area contributed by atoms with E-state index in [1.807, 2.05) is 6.07 Å². The van der Waals surface area contributed by atoms with Crippen LogP contribution in [0.1, 0.15) is 12.0 Å². The molecule has 1 aliphatic heterocycles. The minimum atomic E-state index is -1.54. The molecule has 0 aromatic heterocycles. The third-order valence-electron chi connectivity index (χ3n) is 2.32. The number of benzene rings is 1. The molecule has 2 N–H and O–H groups in total. The average molecular weight is 212 g/mol. The SMILES string of the molecule is OB(O)c1ccc2c(c1Cl)OCCC2. The number of aryl methyl sites for hydroxylation is 1. The molecule has 0 fully saturated rings. The zero-order valence-corrected chi connectivity index (χ0v) is 8.29. The zero-order valence-electron chi connectivity index (χ0n) is 7.53. The van der Waals surface area contributed by atoms with Crippen LogP contribution in [0.5, 0.6) is 5.75 Å². The van der Waals surface area contributed by atoms with E-state index in [2.05, 4.69) is 0 Å². The van der Waals surface area contributed by atoms with Crippen LogP contribution in [-0.2, 0) is 6.42 Å². The van der Waals surface area contributed by atoms with Gasteiger partial charge < -0.3 is 14.8 Å². The number of halogens is 1. The molecule has 0 aliphatic carbocycles. The van der Waals surface area contributed by atoms with Gasteiger partial charge in [-0.1, -0.05) is 23.7 Å². The summed E-state index contributed by atoms with van der Waals surface area (Å²) in [6.45, 7) is 0.637. The van der Waals surface area contributed by atoms with E-state index in [0.717, 1.165) is 18.4 Å². The van der Waals surface area contributed by atoms with Crippen molar-refractivity contribution in [1.82, 2.24) is 0 Å². The third-order valence-corrected chi connectivity index (χ3v) is 2.71. The fourth-order valence-corrected chi connectivity index (χ4v) is 1.94. The highest BCUT2D eigenvalue weighted by molar-refractivity contribution is 6.63. The number of ether oxygens (including phenoxy) is 1. The molecule has 0 radical (unpaired) electrons. The number of hydrogen-bond donors (Lipinski definition) is 2. The summed E-state index contributed by atoms with van der Waals surface area (Å²) < 4.78 is 5.39. The lowest BCUT2D eigenvalue weighted by Gasteiger charge is -2.19. The molecule has 5 heteroatoms. The van der Waals surface area contributed by atoms with Gasteiger partial charge in [0.1, 0.15) is 5.75 Å². The van der Waals surface area contributed by atoms with Crippen molar-refractivity contribution in [3.05, 3.63) is 22.7 Å². The molecular formula is C9H10BClO3. The van der Waals surface area contributed by atoms with Gasteiger partial charge >= 0.3 is 7.12 Å². The predicted molar refractivity (Wildman–Crippen MR) is 55.1 cm³/mol. The van der Waals surface area contributed by atoms with Crippen molar-refractivity contribution in [1.29, 1.82) is 0 Å². The Kier molecular flexibility index (Phi) is 2.68. The first-order valence-electron chi connectivity index (χ1n) is 4.50. The molecule has 3 nitrogen and oxygen atoms in total. The maximum Gasteiger partial charge on any atom is 0.490 e. The van der Waals surface area contributed by atoms with Gasteiger partial charge in [-0.2, -0.15) is 0 Å². The van der Waals surface area contributed by atoms with E-state index in [-0.39, 0.29) is 0 Å². The van der Waals surface area contributed by atoms with Gasteiger partial charge in [-0.3, -0.25) is 0 Å². The highest BCUT2D eigenvalue weighted by atomic mass is 35.5. The molecule has 74 valence electrons. The first kappa shape index (κ1) is 9.83. The summed E-state index contributed by atoms with van der Waals surface area (Å²) in [7, 11) is -1.54. The second-order valence-electron chi connectivity index (χ2n) is 3.28. The van der Waals surface area contributed by atoms with E-state index in [0.29, 0.717) is 22.8 Å². The van der Waals surface area contributed by atoms with Crippen LogP contribution in [-0.4, -0.2) is 23.8 Å². The van der Waals surface area contributed by atoms with Crippen LogP contribution in [0.2, 0.25) is 5.02 Å². The molecule has 0 unspecified atom stereocenters. The minimum Gasteiger partial charge on any atom is -0.492 e. The van der Waals surface area contributed by atoms with Crippen molar-refractivity contribution < 1.29 is 14.8 Å². The van der Waals surface area contributed by atoms with E-state index in [1.165, 1.54) is 0 Å². The Morgan fingerprint density at radius 3 is 2.86 bits per heavy atom. The molecule has 14 heavy (non-hydrogen) atoms. The predicted octanol–water partition coefficient (Wildman–Crippen LogP) is 0.345. The first-order chi connectivity index (χ1) is 6.70. The van der Waals surface area contributed by atoms with Crippen LogP contribution in [0.15, 0.2) is 12.1 Å². The Labute approximate surface area is 87.4 Å². The average Bonchev–Trinajstić information content (AvgIpc) is 2.18. The quantitative estimate of drug-likeness (QED) is 0.660. The fraction of sp³-hybridized carbons (Fsp3) is 0.333. The molecule has 1 aliphatic rings. The summed E-state index contributed by atoms with van der Waals surface area (Å²) in [5.41, 5.74) is 1.33. The smallest absolute Gasteiger partial charge is 0.490 e. The summed E-state index contributed by atoms with van der Waals surface area (Å²) in [5, 5.41) is 18.4. The Morgan fingerprint density at radius 2 is 2.14 bits per heavy atom. The summed E-state index contributed by atoms with van der Waals surface area (Å²) in [6, 6.07) is 3.45. The molecule has 1 aromatic carbocycles. The Balaban J connectivity index is 2.49. The van der Waals surface area contributed by atoms with Gasteiger partial charge in [-0.15, -0.1) is 0 Å². The summed E-state index contributed by atoms with van der Waals surface area (Å²) in [4.78, 5) is 0. The van der Waals surface area contributed by atoms with E-state index in [1.54, 1.807) is 6.07 Å². The Morgan fingerprint density at radius 1 is 1.36 bits per heavy atom. The second kappa shape index (κ2) is 3.81. The summed E-state index contributed by atoms with van der Waals surface area (Å²) in [5.74, 6) is 0.600. The lowest BCUT2D eigenvalue weighted by Crippen LogP contribution is -2.31. The Hall–Kier alpha value is -0.705. The van der Waals surface area contributed by atoms with Crippen molar-refractivity contribution in [2.75, 3.05) is 6.61 Å². The van der Waals surface area contributed by atoms with Crippen molar-refractivity contribution in [3.63, 3.8) is 0 Å². The summed E-state index contributed by atoms with van der Waals surface area (Å²) >= 11 is 5.98. The maximum atomic E-state index is 9.02. The third kappa shape index (κ3) is 1.61. The second-order valence-corrected chi connectivity index (χ2v) is 3.66. The zero-order chi connectivity index (χ0) is 10.1. The van der Waals surface area contributed by atoms with Gasteiger partial charge in [-0.25, -0.2) is 0 Å². The van der Waals surface area contributed by atoms with E-state index in [4.69, 9.17) is 26.4 Å². The topological polar surface area (TPSA) is 49.7 Å². The molecular weight excluding hydrogens is 202 g/mol. The molecule has 0 bridgehead atoms. The van der Waals surface area contributed by atoms with Crippen LogP contribution in [0.4, 0.5) is 0 Å². The van der Waals surface area contributed by atoms with E-state index >= 15 is 0 Å². The van der Waals surface area contributed by atoms with Crippen LogP contribution in [0, 0.1) is 0 Å². The van der Waals surface area contributed by atoms with Crippen LogP contribution in [0.3, 0.4) is 0 Å². The molecule has 1 heterocycles. The monoisotopic (exact) mass is 212 g/mol. The number of hydrogen-bond acceptors (Lipinski definition) is 3. The molecule has 0 saturated carbocycles. The van der Waals surface area contributed by atoms with E-state index in [9.17, 15) is 0 Å².